The van der Waals surface area contributed by atoms with Gasteiger partial charge in [-0.3, -0.25) is 4.90 Å². The summed E-state index contributed by atoms with van der Waals surface area (Å²) in [4.78, 5) is 6.74. The predicted molar refractivity (Wildman–Crippen MR) is 75.7 cm³/mol. The van der Waals surface area contributed by atoms with Gasteiger partial charge >= 0.3 is 0 Å². The monoisotopic (exact) mass is 256 g/mol. The van der Waals surface area contributed by atoms with E-state index in [1.807, 2.05) is 12.5 Å². The van der Waals surface area contributed by atoms with Gasteiger partial charge < -0.3 is 9.88 Å². The average Bonchev–Trinajstić information content (AvgIpc) is 2.86. The van der Waals surface area contributed by atoms with E-state index in [4.69, 9.17) is 0 Å². The maximum absolute atomic E-state index is 4.21. The lowest BCUT2D eigenvalue weighted by Gasteiger charge is -2.36. The molecule has 0 amide bonds. The molecule has 1 aromatic carbocycles. The van der Waals surface area contributed by atoms with Gasteiger partial charge in [-0.2, -0.15) is 0 Å². The van der Waals surface area contributed by atoms with E-state index in [2.05, 4.69) is 57.1 Å². The molecule has 0 saturated carbocycles. The fraction of sp³-hybridized carbons (Fsp3) is 0.400. The van der Waals surface area contributed by atoms with Crippen LogP contribution in [0.2, 0.25) is 0 Å². The molecule has 100 valence electrons. The molecule has 19 heavy (non-hydrogen) atoms. The van der Waals surface area contributed by atoms with Crippen LogP contribution < -0.4 is 5.32 Å². The second kappa shape index (κ2) is 5.55. The van der Waals surface area contributed by atoms with Gasteiger partial charge in [0.2, 0.25) is 0 Å². The van der Waals surface area contributed by atoms with Crippen LogP contribution in [0.3, 0.4) is 0 Å². The molecule has 0 aliphatic carbocycles. The number of benzene rings is 1. The molecule has 1 aliphatic rings. The van der Waals surface area contributed by atoms with Gasteiger partial charge in [0.25, 0.3) is 0 Å². The van der Waals surface area contributed by atoms with Gasteiger partial charge in [0.05, 0.1) is 12.0 Å². The normalized spacial score (nSPS) is 20.6. The molecule has 0 spiro atoms. The second-order valence-electron chi connectivity index (χ2n) is 5.10. The highest BCUT2D eigenvalue weighted by Gasteiger charge is 2.24. The van der Waals surface area contributed by atoms with Crippen molar-refractivity contribution in [2.45, 2.75) is 12.6 Å². The first-order valence-electron chi connectivity index (χ1n) is 6.79. The van der Waals surface area contributed by atoms with E-state index in [-0.39, 0.29) is 0 Å². The SMILES string of the molecule is Cn1cncc1CN1CCNC[C@H]1c1ccccc1. The van der Waals surface area contributed by atoms with Crippen molar-refractivity contribution in [2.24, 2.45) is 7.05 Å². The van der Waals surface area contributed by atoms with E-state index >= 15 is 0 Å². The van der Waals surface area contributed by atoms with Crippen molar-refractivity contribution in [1.29, 1.82) is 0 Å². The van der Waals surface area contributed by atoms with Gasteiger partial charge in [0, 0.05) is 45.5 Å². The molecule has 3 rings (SSSR count). The highest BCUT2D eigenvalue weighted by molar-refractivity contribution is 5.20. The van der Waals surface area contributed by atoms with Gasteiger partial charge in [-0.25, -0.2) is 4.98 Å². The molecule has 1 fully saturated rings. The topological polar surface area (TPSA) is 33.1 Å². The highest BCUT2D eigenvalue weighted by Crippen LogP contribution is 2.23. The van der Waals surface area contributed by atoms with Crippen molar-refractivity contribution < 1.29 is 0 Å². The Hall–Kier alpha value is -1.65. The maximum atomic E-state index is 4.21. The van der Waals surface area contributed by atoms with E-state index in [0.29, 0.717) is 6.04 Å². The first kappa shape index (κ1) is 12.4. The molecule has 4 heteroatoms. The van der Waals surface area contributed by atoms with Crippen LogP contribution in [0.1, 0.15) is 17.3 Å². The molecule has 4 nitrogen and oxygen atoms in total. The van der Waals surface area contributed by atoms with E-state index in [1.165, 1.54) is 11.3 Å². The summed E-state index contributed by atoms with van der Waals surface area (Å²) < 4.78 is 2.10. The van der Waals surface area contributed by atoms with Crippen molar-refractivity contribution in [1.82, 2.24) is 19.8 Å². The minimum Gasteiger partial charge on any atom is -0.337 e. The Labute approximate surface area is 114 Å². The van der Waals surface area contributed by atoms with Crippen LogP contribution in [0.5, 0.6) is 0 Å². The van der Waals surface area contributed by atoms with Gasteiger partial charge in [0.1, 0.15) is 0 Å². The van der Waals surface area contributed by atoms with Crippen LogP contribution in [-0.2, 0) is 13.6 Å². The van der Waals surface area contributed by atoms with E-state index in [9.17, 15) is 0 Å². The second-order valence-corrected chi connectivity index (χ2v) is 5.10. The maximum Gasteiger partial charge on any atom is 0.0945 e. The molecule has 1 saturated heterocycles. The highest BCUT2D eigenvalue weighted by atomic mass is 15.2. The minimum absolute atomic E-state index is 0.449. The number of rotatable bonds is 3. The smallest absolute Gasteiger partial charge is 0.0945 e. The summed E-state index contributed by atoms with van der Waals surface area (Å²) in [5.74, 6) is 0. The van der Waals surface area contributed by atoms with Crippen LogP contribution in [-0.4, -0.2) is 34.1 Å². The molecule has 2 heterocycles. The Kier molecular flexibility index (Phi) is 3.62. The van der Waals surface area contributed by atoms with Crippen LogP contribution in [0, 0.1) is 0 Å². The first-order chi connectivity index (χ1) is 9.34. The summed E-state index contributed by atoms with van der Waals surface area (Å²) in [5, 5.41) is 3.49. The van der Waals surface area contributed by atoms with Gasteiger partial charge in [-0.15, -0.1) is 0 Å². The van der Waals surface area contributed by atoms with Crippen LogP contribution >= 0.6 is 0 Å². The van der Waals surface area contributed by atoms with Crippen molar-refractivity contribution in [3.05, 3.63) is 54.1 Å². The number of aryl methyl sites for hydroxylation is 1. The molecule has 1 aromatic heterocycles. The summed E-state index contributed by atoms with van der Waals surface area (Å²) >= 11 is 0. The Morgan fingerprint density at radius 1 is 1.32 bits per heavy atom. The molecule has 1 N–H and O–H groups in total. The number of nitrogens with one attached hydrogen (secondary N) is 1. The number of hydrogen-bond acceptors (Lipinski definition) is 3. The number of hydrogen-bond donors (Lipinski definition) is 1. The van der Waals surface area contributed by atoms with Crippen molar-refractivity contribution in [2.75, 3.05) is 19.6 Å². The van der Waals surface area contributed by atoms with Crippen LogP contribution in [0.15, 0.2) is 42.9 Å². The lowest BCUT2D eigenvalue weighted by molar-refractivity contribution is 0.150. The molecule has 2 aromatic rings. The summed E-state index contributed by atoms with van der Waals surface area (Å²) in [6, 6.07) is 11.2. The van der Waals surface area contributed by atoms with Crippen molar-refractivity contribution >= 4 is 0 Å². The quantitative estimate of drug-likeness (QED) is 0.905. The van der Waals surface area contributed by atoms with Gasteiger partial charge in [-0.1, -0.05) is 30.3 Å². The summed E-state index contributed by atoms with van der Waals surface area (Å²) in [6.07, 6.45) is 3.83. The van der Waals surface area contributed by atoms with Gasteiger partial charge in [0.15, 0.2) is 0 Å². The Bertz CT molecular complexity index is 520. The lowest BCUT2D eigenvalue weighted by Crippen LogP contribution is -2.45. The van der Waals surface area contributed by atoms with E-state index in [0.717, 1.165) is 26.2 Å². The molecule has 0 unspecified atom stereocenters. The van der Waals surface area contributed by atoms with Crippen LogP contribution in [0.4, 0.5) is 0 Å². The summed E-state index contributed by atoms with van der Waals surface area (Å²) in [5.41, 5.74) is 2.65. The third-order valence-corrected chi connectivity index (χ3v) is 3.82. The van der Waals surface area contributed by atoms with Crippen molar-refractivity contribution in [3.8, 4) is 0 Å². The fourth-order valence-corrected chi connectivity index (χ4v) is 2.68. The molecule has 0 bridgehead atoms. The predicted octanol–water partition coefficient (Wildman–Crippen LogP) is 1.57. The number of imidazole rings is 1. The molecule has 1 aliphatic heterocycles. The van der Waals surface area contributed by atoms with Crippen LogP contribution in [0.25, 0.3) is 0 Å². The standard InChI is InChI=1S/C15H20N4/c1-18-12-17-9-14(18)11-19-8-7-16-10-15(19)13-5-3-2-4-6-13/h2-6,9,12,15-16H,7-8,10-11H2,1H3/t15-/m0/s1. The molecular weight excluding hydrogens is 236 g/mol. The zero-order valence-electron chi connectivity index (χ0n) is 11.3. The first-order valence-corrected chi connectivity index (χ1v) is 6.79. The Morgan fingerprint density at radius 2 is 2.16 bits per heavy atom. The molecule has 0 radical (unpaired) electrons. The zero-order chi connectivity index (χ0) is 13.1. The third-order valence-electron chi connectivity index (χ3n) is 3.82. The Balaban J connectivity index is 1.80. The lowest BCUT2D eigenvalue weighted by atomic mass is 10.0. The summed E-state index contributed by atoms with van der Waals surface area (Å²) in [7, 11) is 2.06. The zero-order valence-corrected chi connectivity index (χ0v) is 11.3. The largest absolute Gasteiger partial charge is 0.337 e. The molecule has 1 atom stereocenters. The molecular formula is C15H20N4. The minimum atomic E-state index is 0.449. The number of piperazine rings is 1. The fourth-order valence-electron chi connectivity index (χ4n) is 2.68. The summed E-state index contributed by atoms with van der Waals surface area (Å²) in [6.45, 7) is 4.10. The number of nitrogens with zero attached hydrogens (tertiary/aromatic N) is 3. The van der Waals surface area contributed by atoms with Gasteiger partial charge in [-0.05, 0) is 5.56 Å². The van der Waals surface area contributed by atoms with Crippen molar-refractivity contribution in [3.63, 3.8) is 0 Å². The third kappa shape index (κ3) is 2.69. The Morgan fingerprint density at radius 3 is 2.89 bits per heavy atom. The number of aromatic nitrogens is 2. The van der Waals surface area contributed by atoms with E-state index in [1.54, 1.807) is 0 Å². The van der Waals surface area contributed by atoms with E-state index < -0.39 is 0 Å². The average molecular weight is 256 g/mol.